The number of hydrogen-bond donors (Lipinski definition) is 5. The highest BCUT2D eigenvalue weighted by molar-refractivity contribution is 8.28. The Balaban J connectivity index is 3.96. The first-order chi connectivity index (χ1) is 29.0. The van der Waals surface area contributed by atoms with Crippen molar-refractivity contribution < 1.29 is 62.3 Å². The van der Waals surface area contributed by atoms with Crippen LogP contribution in [0.25, 0.3) is 0 Å². The van der Waals surface area contributed by atoms with Gasteiger partial charge in [-0.05, 0) is 54.4 Å². The molecule has 0 saturated heterocycles. The van der Waals surface area contributed by atoms with Crippen molar-refractivity contribution in [3.8, 4) is 0 Å². The van der Waals surface area contributed by atoms with E-state index in [2.05, 4.69) is 15.4 Å². The summed E-state index contributed by atoms with van der Waals surface area (Å²) in [6.07, 6.45) is 19.4. The van der Waals surface area contributed by atoms with Gasteiger partial charge in [-0.3, -0.25) is 19.2 Å². The Hall–Kier alpha value is -2.99. The van der Waals surface area contributed by atoms with Crippen LogP contribution in [0, 0.1) is 0 Å². The first kappa shape index (κ1) is 58.0. The van der Waals surface area contributed by atoms with Crippen LogP contribution in [0.4, 0.5) is 4.79 Å². The first-order valence-corrected chi connectivity index (χ1v) is 24.1. The average Bonchev–Trinajstić information content (AvgIpc) is 3.16. The van der Waals surface area contributed by atoms with Gasteiger partial charge in [-0.15, -0.1) is 0 Å². The second-order valence-corrected chi connectivity index (χ2v) is 19.0. The summed E-state index contributed by atoms with van der Waals surface area (Å²) in [5, 5.41) is 13.4. The lowest BCUT2D eigenvalue weighted by Crippen LogP contribution is -2.33. The molecule has 0 aromatic carbocycles. The van der Waals surface area contributed by atoms with E-state index in [1.54, 1.807) is 20.8 Å². The SMILES string of the molecule is CC(C)(C)OC(=O)CCCCCCCCCCCCCCCCCCC(=O)N[SH](CCC(=O)NCCOCCOCC(=O)NCCOCCOCC(=O)O)C(=O)OC(C)(C)C. The van der Waals surface area contributed by atoms with Gasteiger partial charge in [-0.1, -0.05) is 101 Å². The summed E-state index contributed by atoms with van der Waals surface area (Å²) < 4.78 is 34.5. The van der Waals surface area contributed by atoms with E-state index in [9.17, 15) is 28.8 Å². The van der Waals surface area contributed by atoms with E-state index in [-0.39, 0.29) is 102 Å². The van der Waals surface area contributed by atoms with E-state index in [4.69, 9.17) is 33.5 Å². The van der Waals surface area contributed by atoms with Crippen LogP contribution in [-0.4, -0.2) is 123 Å². The van der Waals surface area contributed by atoms with Crippen molar-refractivity contribution in [1.29, 1.82) is 0 Å². The second-order valence-electron chi connectivity index (χ2n) is 17.1. The molecule has 0 radical (unpaired) electrons. The molecule has 0 aromatic heterocycles. The summed E-state index contributed by atoms with van der Waals surface area (Å²) in [7, 11) is 0. The molecule has 0 rings (SSSR count). The van der Waals surface area contributed by atoms with E-state index in [0.29, 0.717) is 12.8 Å². The number of carbonyl (C=O) groups is 6. The van der Waals surface area contributed by atoms with Crippen LogP contribution < -0.4 is 15.4 Å². The molecule has 61 heavy (non-hydrogen) atoms. The van der Waals surface area contributed by atoms with Crippen LogP contribution in [0.15, 0.2) is 0 Å². The van der Waals surface area contributed by atoms with Crippen molar-refractivity contribution >= 4 is 46.0 Å². The molecule has 0 aliphatic rings. The molecular formula is C44H83N3O13S. The average molecular weight is 894 g/mol. The first-order valence-electron chi connectivity index (χ1n) is 22.6. The Morgan fingerprint density at radius 3 is 1.33 bits per heavy atom. The normalized spacial score (nSPS) is 12.4. The van der Waals surface area contributed by atoms with Crippen molar-refractivity contribution in [2.75, 3.05) is 71.7 Å². The Morgan fingerprint density at radius 1 is 0.459 bits per heavy atom. The summed E-state index contributed by atoms with van der Waals surface area (Å²) in [6, 6.07) is 0. The molecule has 4 N–H and O–H groups in total. The summed E-state index contributed by atoms with van der Waals surface area (Å²) in [4.78, 5) is 72.1. The molecule has 1 atom stereocenters. The van der Waals surface area contributed by atoms with Gasteiger partial charge in [0.25, 0.3) is 0 Å². The van der Waals surface area contributed by atoms with Gasteiger partial charge in [0, 0.05) is 38.1 Å². The maximum atomic E-state index is 12.9. The third-order valence-corrected chi connectivity index (χ3v) is 10.5. The van der Waals surface area contributed by atoms with Gasteiger partial charge in [0.05, 0.1) is 39.6 Å². The van der Waals surface area contributed by atoms with Gasteiger partial charge in [-0.25, -0.2) is 9.59 Å². The third-order valence-electron chi connectivity index (χ3n) is 8.73. The van der Waals surface area contributed by atoms with E-state index in [0.717, 1.165) is 38.5 Å². The fraction of sp³-hybridized carbons (Fsp3) is 0.864. The van der Waals surface area contributed by atoms with Gasteiger partial charge in [0.2, 0.25) is 17.7 Å². The zero-order valence-corrected chi connectivity index (χ0v) is 39.4. The topological polar surface area (TPSA) is 214 Å². The molecule has 17 heteroatoms. The van der Waals surface area contributed by atoms with Gasteiger partial charge < -0.3 is 48.9 Å². The summed E-state index contributed by atoms with van der Waals surface area (Å²) >= 11 is -1.70. The van der Waals surface area contributed by atoms with Crippen LogP contribution in [0.5, 0.6) is 0 Å². The van der Waals surface area contributed by atoms with Crippen molar-refractivity contribution in [2.24, 2.45) is 0 Å². The van der Waals surface area contributed by atoms with Crippen LogP contribution in [0.2, 0.25) is 0 Å². The number of carbonyl (C=O) groups excluding carboxylic acids is 5. The van der Waals surface area contributed by atoms with Gasteiger partial charge >= 0.3 is 17.2 Å². The van der Waals surface area contributed by atoms with Crippen molar-refractivity contribution in [2.45, 2.75) is 175 Å². The molecule has 3 amide bonds. The monoisotopic (exact) mass is 894 g/mol. The van der Waals surface area contributed by atoms with Gasteiger partial charge in [0.1, 0.15) is 24.4 Å². The van der Waals surface area contributed by atoms with Crippen molar-refractivity contribution in [1.82, 2.24) is 15.4 Å². The lowest BCUT2D eigenvalue weighted by Gasteiger charge is -2.26. The molecule has 0 saturated carbocycles. The minimum atomic E-state index is -1.70. The maximum Gasteiger partial charge on any atom is 0.364 e. The number of carboxylic acid groups (broad SMARTS) is 1. The Kier molecular flexibility index (Phi) is 35.7. The largest absolute Gasteiger partial charge is 0.480 e. The van der Waals surface area contributed by atoms with E-state index in [1.807, 2.05) is 20.8 Å². The number of amides is 3. The highest BCUT2D eigenvalue weighted by Gasteiger charge is 2.24. The highest BCUT2D eigenvalue weighted by atomic mass is 32.2. The number of nitrogens with one attached hydrogen (secondary N) is 3. The summed E-state index contributed by atoms with van der Waals surface area (Å²) in [5.74, 6) is -1.75. The molecule has 0 bridgehead atoms. The molecule has 16 nitrogen and oxygen atoms in total. The van der Waals surface area contributed by atoms with Crippen molar-refractivity contribution in [3.63, 3.8) is 0 Å². The van der Waals surface area contributed by atoms with Crippen LogP contribution >= 0.6 is 11.1 Å². The predicted octanol–water partition coefficient (Wildman–Crippen LogP) is 7.09. The number of esters is 1. The Labute approximate surface area is 369 Å². The second kappa shape index (κ2) is 37.6. The number of rotatable bonds is 38. The number of carboxylic acids is 1. The van der Waals surface area contributed by atoms with Crippen LogP contribution in [0.3, 0.4) is 0 Å². The fourth-order valence-corrected chi connectivity index (χ4v) is 7.39. The zero-order chi connectivity index (χ0) is 45.6. The summed E-state index contributed by atoms with van der Waals surface area (Å²) in [6.45, 7) is 12.3. The van der Waals surface area contributed by atoms with Crippen LogP contribution in [-0.2, 0) is 52.4 Å². The number of thiol groups is 1. The van der Waals surface area contributed by atoms with Gasteiger partial charge in [0.15, 0.2) is 0 Å². The quantitative estimate of drug-likeness (QED) is 0.0238. The maximum absolute atomic E-state index is 12.9. The highest BCUT2D eigenvalue weighted by Crippen LogP contribution is 2.28. The molecule has 358 valence electrons. The molecule has 0 aliphatic heterocycles. The minimum Gasteiger partial charge on any atom is -0.480 e. The zero-order valence-electron chi connectivity index (χ0n) is 38.5. The molecular weight excluding hydrogens is 811 g/mol. The summed E-state index contributed by atoms with van der Waals surface area (Å²) in [5.41, 5.74) is -1.12. The van der Waals surface area contributed by atoms with Crippen LogP contribution in [0.1, 0.15) is 164 Å². The van der Waals surface area contributed by atoms with E-state index < -0.39 is 33.6 Å². The fourth-order valence-electron chi connectivity index (χ4n) is 5.78. The molecule has 0 heterocycles. The molecule has 0 fully saturated rings. The number of aliphatic carboxylic acids is 1. The Bertz CT molecular complexity index is 1190. The van der Waals surface area contributed by atoms with E-state index in [1.165, 1.54) is 64.2 Å². The molecule has 1 unspecified atom stereocenters. The number of hydrogen-bond acceptors (Lipinski definition) is 12. The standard InChI is InChI=1S/C44H83N3O13S/c1-43(2,3)59-41(53)24-22-20-18-16-14-12-10-8-7-9-11-13-15-17-19-21-23-38(49)47-61(42(54)60-44(4,5)6)34-25-37(48)45-26-28-55-30-32-57-35-39(50)46-27-29-56-31-33-58-36-40(51)52/h61H,7-36H2,1-6H3,(H,45,48)(H,46,50)(H,47,49)(H,51,52). The van der Waals surface area contributed by atoms with Crippen molar-refractivity contribution in [3.05, 3.63) is 0 Å². The van der Waals surface area contributed by atoms with E-state index >= 15 is 0 Å². The smallest absolute Gasteiger partial charge is 0.364 e. The molecule has 0 aromatic rings. The third kappa shape index (κ3) is 43.5. The lowest BCUT2D eigenvalue weighted by molar-refractivity contribution is -0.155. The molecule has 0 aliphatic carbocycles. The lowest BCUT2D eigenvalue weighted by atomic mass is 10.0. The van der Waals surface area contributed by atoms with Gasteiger partial charge in [-0.2, -0.15) is 0 Å². The minimum absolute atomic E-state index is 0.0485. The number of unbranched alkanes of at least 4 members (excludes halogenated alkanes) is 15. The number of ether oxygens (including phenoxy) is 6. The molecule has 0 spiro atoms. The predicted molar refractivity (Wildman–Crippen MR) is 239 cm³/mol. The Morgan fingerprint density at radius 2 is 0.869 bits per heavy atom.